The van der Waals surface area contributed by atoms with E-state index in [4.69, 9.17) is 4.74 Å². The van der Waals surface area contributed by atoms with Gasteiger partial charge in [-0.1, -0.05) is 55.7 Å². The van der Waals surface area contributed by atoms with Crippen LogP contribution in [0.2, 0.25) is 0 Å². The van der Waals surface area contributed by atoms with E-state index in [1.807, 2.05) is 76.2 Å². The predicted molar refractivity (Wildman–Crippen MR) is 204 cm³/mol. The molecular formula is C43H52N4O5. The van der Waals surface area contributed by atoms with Gasteiger partial charge in [-0.25, -0.2) is 4.79 Å². The lowest BCUT2D eigenvalue weighted by Crippen LogP contribution is -2.37. The molecule has 2 amide bonds. The van der Waals surface area contributed by atoms with Gasteiger partial charge in [-0.3, -0.25) is 19.5 Å². The first-order chi connectivity index (χ1) is 24.9. The SMILES string of the molecule is Cc1cc(C(=O)CC2CCC2)ccc1-c1ccc(C[C@H](CC(=O)C2CCC(CNC(=O)OC(C)(C)C)CC2)C(=O)Nc2ccc3cn[nH]c3c2)cc1. The molecule has 0 radical (unpaired) electrons. The molecule has 1 heterocycles. The van der Waals surface area contributed by atoms with Crippen molar-refractivity contribution >= 4 is 40.2 Å². The van der Waals surface area contributed by atoms with Gasteiger partial charge in [-0.15, -0.1) is 0 Å². The predicted octanol–water partition coefficient (Wildman–Crippen LogP) is 9.00. The van der Waals surface area contributed by atoms with Crippen molar-refractivity contribution in [3.05, 3.63) is 83.6 Å². The highest BCUT2D eigenvalue weighted by atomic mass is 16.6. The third-order valence-corrected chi connectivity index (χ3v) is 10.8. The van der Waals surface area contributed by atoms with Gasteiger partial charge >= 0.3 is 6.09 Å². The Morgan fingerprint density at radius 3 is 2.33 bits per heavy atom. The van der Waals surface area contributed by atoms with Crippen LogP contribution in [0, 0.1) is 30.6 Å². The molecule has 2 aliphatic carbocycles. The fourth-order valence-electron chi connectivity index (χ4n) is 7.50. The zero-order valence-electron chi connectivity index (χ0n) is 30.9. The average Bonchev–Trinajstić information content (AvgIpc) is 3.56. The van der Waals surface area contributed by atoms with Crippen LogP contribution in [-0.4, -0.2) is 45.9 Å². The summed E-state index contributed by atoms with van der Waals surface area (Å²) in [6.07, 6.45) is 9.23. The van der Waals surface area contributed by atoms with Gasteiger partial charge in [-0.05, 0) is 118 Å². The van der Waals surface area contributed by atoms with Gasteiger partial charge in [0, 0.05) is 47.9 Å². The van der Waals surface area contributed by atoms with E-state index in [9.17, 15) is 19.2 Å². The number of nitrogens with one attached hydrogen (secondary N) is 3. The number of anilines is 1. The number of benzene rings is 3. The minimum atomic E-state index is -0.551. The van der Waals surface area contributed by atoms with E-state index in [0.29, 0.717) is 36.9 Å². The van der Waals surface area contributed by atoms with Gasteiger partial charge in [0.15, 0.2) is 5.78 Å². The van der Waals surface area contributed by atoms with Crippen molar-refractivity contribution in [1.29, 1.82) is 0 Å². The minimum Gasteiger partial charge on any atom is -0.444 e. The third kappa shape index (κ3) is 9.75. The first kappa shape index (κ1) is 37.0. The van der Waals surface area contributed by atoms with E-state index in [1.165, 1.54) is 6.42 Å². The molecule has 6 rings (SSSR count). The summed E-state index contributed by atoms with van der Waals surface area (Å²) < 4.78 is 5.37. The number of carbonyl (C=O) groups excluding carboxylic acids is 4. The molecule has 2 saturated carbocycles. The second-order valence-corrected chi connectivity index (χ2v) is 16.0. The summed E-state index contributed by atoms with van der Waals surface area (Å²) in [5.41, 5.74) is 5.85. The largest absolute Gasteiger partial charge is 0.444 e. The number of carbonyl (C=O) groups is 4. The van der Waals surface area contributed by atoms with Crippen LogP contribution in [0.5, 0.6) is 0 Å². The number of Topliss-reactive ketones (excluding diaryl/α,β-unsaturated/α-hetero) is 2. The molecule has 0 spiro atoms. The lowest BCUT2D eigenvalue weighted by Gasteiger charge is -2.29. The summed E-state index contributed by atoms with van der Waals surface area (Å²) in [5, 5.41) is 13.9. The number of aromatic nitrogens is 2. The van der Waals surface area contributed by atoms with Gasteiger partial charge in [0.05, 0.1) is 11.7 Å². The Labute approximate surface area is 306 Å². The molecule has 3 N–H and O–H groups in total. The average molecular weight is 705 g/mol. The van der Waals surface area contributed by atoms with Gasteiger partial charge in [0.1, 0.15) is 11.4 Å². The third-order valence-electron chi connectivity index (χ3n) is 10.8. The zero-order valence-corrected chi connectivity index (χ0v) is 30.9. The molecule has 4 aromatic rings. The highest BCUT2D eigenvalue weighted by Gasteiger charge is 2.31. The molecule has 2 fully saturated rings. The summed E-state index contributed by atoms with van der Waals surface area (Å²) in [6.45, 7) is 8.09. The first-order valence-electron chi connectivity index (χ1n) is 18.9. The quantitative estimate of drug-likeness (QED) is 0.119. The number of alkyl carbamates (subject to hydrolysis) is 1. The standard InChI is InChI=1S/C43H52N4O5/c1-27-20-33(39(48)22-28-6-5-7-28)17-19-37(27)31-12-8-29(9-13-31)21-35(41(50)46-36-18-16-34-26-45-47-38(34)24-36)23-40(49)32-14-10-30(11-15-32)25-44-42(51)52-43(2,3)4/h8-9,12-13,16-20,24,26,28,30,32,35H,5-7,10-11,14-15,21-23,25H2,1-4H3,(H,44,51)(H,45,47)(H,46,50)/t30?,32?,35-/m1/s1. The number of ketones is 2. The fourth-order valence-corrected chi connectivity index (χ4v) is 7.50. The fraction of sp³-hybridized carbons (Fsp3) is 0.465. The van der Waals surface area contributed by atoms with Crippen LogP contribution >= 0.6 is 0 Å². The lowest BCUT2D eigenvalue weighted by atomic mass is 9.77. The zero-order chi connectivity index (χ0) is 36.8. The number of nitrogens with zero attached hydrogens (tertiary/aromatic N) is 1. The number of aryl methyl sites for hydroxylation is 1. The Morgan fingerprint density at radius 1 is 0.904 bits per heavy atom. The van der Waals surface area contributed by atoms with Crippen molar-refractivity contribution in [1.82, 2.24) is 15.5 Å². The van der Waals surface area contributed by atoms with Gasteiger partial charge < -0.3 is 15.4 Å². The van der Waals surface area contributed by atoms with Crippen molar-refractivity contribution in [2.45, 2.75) is 97.5 Å². The van der Waals surface area contributed by atoms with Crippen LogP contribution < -0.4 is 10.6 Å². The Kier molecular flexibility index (Phi) is 11.6. The maximum Gasteiger partial charge on any atom is 0.407 e. The topological polar surface area (TPSA) is 130 Å². The lowest BCUT2D eigenvalue weighted by molar-refractivity contribution is -0.129. The molecule has 2 aliphatic rings. The highest BCUT2D eigenvalue weighted by Crippen LogP contribution is 2.33. The molecular weight excluding hydrogens is 652 g/mol. The summed E-state index contributed by atoms with van der Waals surface area (Å²) in [5.74, 6) is 0.316. The molecule has 3 aromatic carbocycles. The Balaban J connectivity index is 1.10. The van der Waals surface area contributed by atoms with Crippen LogP contribution in [0.1, 0.15) is 100 Å². The number of H-pyrrole nitrogens is 1. The van der Waals surface area contributed by atoms with Crippen LogP contribution in [0.3, 0.4) is 0 Å². The molecule has 1 atom stereocenters. The van der Waals surface area contributed by atoms with Gasteiger partial charge in [0.25, 0.3) is 0 Å². The molecule has 9 heteroatoms. The Bertz CT molecular complexity index is 1890. The first-order valence-corrected chi connectivity index (χ1v) is 18.9. The van der Waals surface area contributed by atoms with Crippen molar-refractivity contribution < 1.29 is 23.9 Å². The summed E-state index contributed by atoms with van der Waals surface area (Å²) in [4.78, 5) is 52.5. The minimum absolute atomic E-state index is 0.108. The monoisotopic (exact) mass is 704 g/mol. The van der Waals surface area contributed by atoms with Gasteiger partial charge in [0.2, 0.25) is 5.91 Å². The summed E-state index contributed by atoms with van der Waals surface area (Å²) in [6, 6.07) is 19.8. The maximum absolute atomic E-state index is 13.9. The number of amides is 2. The number of hydrogen-bond acceptors (Lipinski definition) is 6. The summed E-state index contributed by atoms with van der Waals surface area (Å²) in [7, 11) is 0. The Morgan fingerprint density at radius 2 is 1.65 bits per heavy atom. The number of rotatable bonds is 13. The smallest absolute Gasteiger partial charge is 0.407 e. The number of fused-ring (bicyclic) bond motifs is 1. The number of aromatic amines is 1. The van der Waals surface area contributed by atoms with E-state index in [0.717, 1.165) is 77.2 Å². The van der Waals surface area contributed by atoms with E-state index in [2.05, 4.69) is 33.0 Å². The van der Waals surface area contributed by atoms with Crippen LogP contribution in [0.15, 0.2) is 66.9 Å². The van der Waals surface area contributed by atoms with Gasteiger partial charge in [-0.2, -0.15) is 5.10 Å². The van der Waals surface area contributed by atoms with Crippen molar-refractivity contribution in [3.63, 3.8) is 0 Å². The van der Waals surface area contributed by atoms with E-state index >= 15 is 0 Å². The molecule has 0 aliphatic heterocycles. The molecule has 52 heavy (non-hydrogen) atoms. The number of hydrogen-bond donors (Lipinski definition) is 3. The number of ether oxygens (including phenoxy) is 1. The van der Waals surface area contributed by atoms with E-state index < -0.39 is 17.6 Å². The highest BCUT2D eigenvalue weighted by molar-refractivity contribution is 5.98. The second-order valence-electron chi connectivity index (χ2n) is 16.0. The molecule has 0 saturated heterocycles. The van der Waals surface area contributed by atoms with Crippen LogP contribution in [0.4, 0.5) is 10.5 Å². The van der Waals surface area contributed by atoms with Crippen molar-refractivity contribution in [3.8, 4) is 11.1 Å². The van der Waals surface area contributed by atoms with Crippen molar-refractivity contribution in [2.75, 3.05) is 11.9 Å². The molecule has 0 bridgehead atoms. The molecule has 1 aromatic heterocycles. The molecule has 274 valence electrons. The van der Waals surface area contributed by atoms with Crippen LogP contribution in [0.25, 0.3) is 22.0 Å². The maximum atomic E-state index is 13.9. The normalized spacial score (nSPS) is 18.3. The Hall–Kier alpha value is -4.79. The summed E-state index contributed by atoms with van der Waals surface area (Å²) >= 11 is 0. The second kappa shape index (κ2) is 16.3. The van der Waals surface area contributed by atoms with E-state index in [1.54, 1.807) is 6.20 Å². The van der Waals surface area contributed by atoms with Crippen molar-refractivity contribution in [2.24, 2.45) is 23.7 Å². The van der Waals surface area contributed by atoms with Crippen LogP contribution in [-0.2, 0) is 20.7 Å². The molecule has 9 nitrogen and oxygen atoms in total. The molecule has 0 unspecified atom stereocenters. The van der Waals surface area contributed by atoms with E-state index in [-0.39, 0.29) is 29.8 Å².